The summed E-state index contributed by atoms with van der Waals surface area (Å²) in [5, 5.41) is 0.174. The molecule has 3 nitrogen and oxygen atoms in total. The van der Waals surface area contributed by atoms with Gasteiger partial charge in [-0.15, -0.1) is 0 Å². The van der Waals surface area contributed by atoms with Gasteiger partial charge in [-0.1, -0.05) is 11.6 Å². The summed E-state index contributed by atoms with van der Waals surface area (Å²) in [6.07, 6.45) is 1.35. The number of nitrogens with zero attached hydrogens (tertiary/aromatic N) is 1. The van der Waals surface area contributed by atoms with Gasteiger partial charge in [0.1, 0.15) is 10.7 Å². The summed E-state index contributed by atoms with van der Waals surface area (Å²) in [5.41, 5.74) is 0.365. The number of halogens is 2. The average molecular weight is 202 g/mol. The van der Waals surface area contributed by atoms with Crippen molar-refractivity contribution < 1.29 is 13.9 Å². The minimum absolute atomic E-state index is 0.0775. The molecule has 0 fully saturated rings. The van der Waals surface area contributed by atoms with Crippen LogP contribution in [0.5, 0.6) is 0 Å². The lowest BCUT2D eigenvalue weighted by Gasteiger charge is -2.16. The van der Waals surface area contributed by atoms with Crippen LogP contribution in [0.1, 0.15) is 15.9 Å². The lowest BCUT2D eigenvalue weighted by atomic mass is 10.1. The maximum absolute atomic E-state index is 13.1. The zero-order valence-electron chi connectivity index (χ0n) is 6.51. The fourth-order valence-electron chi connectivity index (χ4n) is 1.27. The van der Waals surface area contributed by atoms with Crippen LogP contribution in [0.2, 0.25) is 5.15 Å². The van der Waals surface area contributed by atoms with Gasteiger partial charge in [-0.05, 0) is 0 Å². The molecule has 1 aromatic heterocycles. The highest BCUT2D eigenvalue weighted by Gasteiger charge is 2.25. The summed E-state index contributed by atoms with van der Waals surface area (Å²) in [6.45, 7) is 0.233. The smallest absolute Gasteiger partial charge is 0.341 e. The van der Waals surface area contributed by atoms with Gasteiger partial charge in [-0.3, -0.25) is 0 Å². The fourth-order valence-corrected chi connectivity index (χ4v) is 1.51. The Labute approximate surface area is 78.5 Å². The van der Waals surface area contributed by atoms with E-state index in [2.05, 4.69) is 9.72 Å². The molecule has 1 aromatic rings. The third kappa shape index (κ3) is 1.27. The van der Waals surface area contributed by atoms with E-state index in [0.29, 0.717) is 12.0 Å². The van der Waals surface area contributed by atoms with Crippen LogP contribution in [0.25, 0.3) is 0 Å². The lowest BCUT2D eigenvalue weighted by molar-refractivity contribution is 0.0473. The van der Waals surface area contributed by atoms with E-state index < -0.39 is 11.8 Å². The number of ether oxygens (including phenoxy) is 1. The molecule has 0 atom stereocenters. The van der Waals surface area contributed by atoms with Gasteiger partial charge in [0, 0.05) is 12.0 Å². The number of fused-ring (bicyclic) bond motifs is 1. The van der Waals surface area contributed by atoms with E-state index in [0.717, 1.165) is 6.20 Å². The fraction of sp³-hybridized carbons (Fsp3) is 0.250. The maximum Gasteiger partial charge on any atom is 0.341 e. The number of hydrogen-bond donors (Lipinski definition) is 0. The van der Waals surface area contributed by atoms with Crippen LogP contribution < -0.4 is 0 Å². The second-order valence-electron chi connectivity index (χ2n) is 2.64. The third-order valence-corrected chi connectivity index (χ3v) is 2.20. The number of hydrogen-bond acceptors (Lipinski definition) is 3. The second-order valence-corrected chi connectivity index (χ2v) is 2.99. The normalized spacial score (nSPS) is 15.1. The van der Waals surface area contributed by atoms with Gasteiger partial charge in [0.05, 0.1) is 12.8 Å². The quantitative estimate of drug-likeness (QED) is 0.473. The molecule has 13 heavy (non-hydrogen) atoms. The molecule has 0 spiro atoms. The Kier molecular flexibility index (Phi) is 1.92. The largest absolute Gasteiger partial charge is 0.462 e. The van der Waals surface area contributed by atoms with Gasteiger partial charge in [-0.25, -0.2) is 14.2 Å². The van der Waals surface area contributed by atoms with Crippen LogP contribution in [0.4, 0.5) is 4.39 Å². The zero-order valence-corrected chi connectivity index (χ0v) is 7.27. The summed E-state index contributed by atoms with van der Waals surface area (Å²) < 4.78 is 17.8. The first-order valence-electron chi connectivity index (χ1n) is 3.70. The maximum atomic E-state index is 13.1. The molecule has 0 aromatic carbocycles. The van der Waals surface area contributed by atoms with Gasteiger partial charge in [0.25, 0.3) is 0 Å². The van der Waals surface area contributed by atoms with E-state index in [1.807, 2.05) is 0 Å². The molecule has 0 unspecified atom stereocenters. The van der Waals surface area contributed by atoms with Crippen LogP contribution in [0.15, 0.2) is 6.20 Å². The molecular formula is C8H5ClFNO2. The molecule has 0 radical (unpaired) electrons. The van der Waals surface area contributed by atoms with Crippen molar-refractivity contribution in [2.75, 3.05) is 6.61 Å². The summed E-state index contributed by atoms with van der Waals surface area (Å²) in [5.74, 6) is -1.34. The number of pyridine rings is 1. The molecule has 0 bridgehead atoms. The SMILES string of the molecule is O=C1OCCc2c(Cl)ncc(F)c21. The topological polar surface area (TPSA) is 39.2 Å². The Morgan fingerprint density at radius 2 is 2.38 bits per heavy atom. The van der Waals surface area contributed by atoms with E-state index in [-0.39, 0.29) is 17.3 Å². The predicted octanol–water partition coefficient (Wildman–Crippen LogP) is 1.59. The Balaban J connectivity index is 2.67. The Hall–Kier alpha value is -1.16. The van der Waals surface area contributed by atoms with Gasteiger partial charge >= 0.3 is 5.97 Å². The van der Waals surface area contributed by atoms with Crippen LogP contribution in [0, 0.1) is 5.82 Å². The zero-order chi connectivity index (χ0) is 9.42. The van der Waals surface area contributed by atoms with Gasteiger partial charge < -0.3 is 4.74 Å². The summed E-state index contributed by atoms with van der Waals surface area (Å²) in [7, 11) is 0. The molecule has 5 heteroatoms. The number of aromatic nitrogens is 1. The first kappa shape index (κ1) is 8.44. The van der Waals surface area contributed by atoms with Crippen LogP contribution >= 0.6 is 11.6 Å². The summed E-state index contributed by atoms with van der Waals surface area (Å²) >= 11 is 5.69. The molecule has 68 valence electrons. The first-order valence-corrected chi connectivity index (χ1v) is 4.08. The van der Waals surface area contributed by atoms with E-state index in [1.165, 1.54) is 0 Å². The highest BCUT2D eigenvalue weighted by atomic mass is 35.5. The number of cyclic esters (lactones) is 1. The molecule has 0 amide bonds. The molecule has 1 aliphatic heterocycles. The van der Waals surface area contributed by atoms with Crippen molar-refractivity contribution in [2.24, 2.45) is 0 Å². The lowest BCUT2D eigenvalue weighted by Crippen LogP contribution is -2.20. The minimum Gasteiger partial charge on any atom is -0.462 e. The average Bonchev–Trinajstić information content (AvgIpc) is 2.12. The Bertz CT molecular complexity index is 381. The predicted molar refractivity (Wildman–Crippen MR) is 43.2 cm³/mol. The monoisotopic (exact) mass is 201 g/mol. The van der Waals surface area contributed by atoms with Crippen molar-refractivity contribution in [3.05, 3.63) is 28.3 Å². The van der Waals surface area contributed by atoms with Crippen molar-refractivity contribution in [3.63, 3.8) is 0 Å². The van der Waals surface area contributed by atoms with E-state index in [1.54, 1.807) is 0 Å². The van der Waals surface area contributed by atoms with Gasteiger partial charge in [0.2, 0.25) is 0 Å². The molecule has 0 saturated heterocycles. The third-order valence-electron chi connectivity index (χ3n) is 1.87. The molecule has 0 saturated carbocycles. The highest BCUT2D eigenvalue weighted by Crippen LogP contribution is 2.24. The molecule has 2 rings (SSSR count). The standard InChI is InChI=1S/C8H5ClFNO2/c9-7-4-1-2-13-8(12)6(4)5(10)3-11-7/h3H,1-2H2. The van der Waals surface area contributed by atoms with Crippen LogP contribution in [-0.4, -0.2) is 17.6 Å². The molecule has 0 aliphatic carbocycles. The van der Waals surface area contributed by atoms with Crippen molar-refractivity contribution in [1.29, 1.82) is 0 Å². The van der Waals surface area contributed by atoms with Crippen molar-refractivity contribution in [3.8, 4) is 0 Å². The van der Waals surface area contributed by atoms with E-state index >= 15 is 0 Å². The van der Waals surface area contributed by atoms with E-state index in [4.69, 9.17) is 11.6 Å². The Morgan fingerprint density at radius 3 is 3.08 bits per heavy atom. The second kappa shape index (κ2) is 2.96. The molecule has 0 N–H and O–H groups in total. The number of rotatable bonds is 0. The summed E-state index contributed by atoms with van der Waals surface area (Å²) in [4.78, 5) is 14.7. The number of esters is 1. The molecule has 2 heterocycles. The molecular weight excluding hydrogens is 197 g/mol. The van der Waals surface area contributed by atoms with Crippen molar-refractivity contribution in [2.45, 2.75) is 6.42 Å². The number of carbonyl (C=O) groups excluding carboxylic acids is 1. The van der Waals surface area contributed by atoms with Gasteiger partial charge in [-0.2, -0.15) is 0 Å². The van der Waals surface area contributed by atoms with Crippen LogP contribution in [-0.2, 0) is 11.2 Å². The number of carbonyl (C=O) groups is 1. The minimum atomic E-state index is -0.677. The molecule has 1 aliphatic rings. The van der Waals surface area contributed by atoms with Crippen molar-refractivity contribution >= 4 is 17.6 Å². The first-order chi connectivity index (χ1) is 6.20. The van der Waals surface area contributed by atoms with E-state index in [9.17, 15) is 9.18 Å². The Morgan fingerprint density at radius 1 is 1.62 bits per heavy atom. The van der Waals surface area contributed by atoms with Crippen molar-refractivity contribution in [1.82, 2.24) is 4.98 Å². The summed E-state index contributed by atoms with van der Waals surface area (Å²) in [6, 6.07) is 0. The van der Waals surface area contributed by atoms with Crippen LogP contribution in [0.3, 0.4) is 0 Å². The highest BCUT2D eigenvalue weighted by molar-refractivity contribution is 6.30. The van der Waals surface area contributed by atoms with Gasteiger partial charge in [0.15, 0.2) is 5.82 Å².